The molecule has 0 spiro atoms. The van der Waals surface area contributed by atoms with E-state index in [0.717, 1.165) is 47.9 Å². The van der Waals surface area contributed by atoms with E-state index < -0.39 is 0 Å². The molecule has 0 aliphatic rings. The summed E-state index contributed by atoms with van der Waals surface area (Å²) in [5.74, 6) is 2.93. The zero-order valence-electron chi connectivity index (χ0n) is 13.9. The summed E-state index contributed by atoms with van der Waals surface area (Å²) in [6.45, 7) is 2.07. The fourth-order valence-corrected chi connectivity index (χ4v) is 2.53. The molecule has 6 heteroatoms. The van der Waals surface area contributed by atoms with Crippen LogP contribution < -0.4 is 4.74 Å². The van der Waals surface area contributed by atoms with Crippen LogP contribution >= 0.6 is 0 Å². The highest BCUT2D eigenvalue weighted by molar-refractivity contribution is 5.65. The van der Waals surface area contributed by atoms with Gasteiger partial charge in [-0.25, -0.2) is 9.97 Å². The van der Waals surface area contributed by atoms with E-state index in [0.29, 0.717) is 11.6 Å². The van der Waals surface area contributed by atoms with Crippen molar-refractivity contribution >= 4 is 0 Å². The van der Waals surface area contributed by atoms with Gasteiger partial charge in [-0.2, -0.15) is 0 Å². The Labute approximate surface area is 140 Å². The average molecular weight is 327 g/mol. The highest BCUT2D eigenvalue weighted by Gasteiger charge is 2.17. The van der Waals surface area contributed by atoms with E-state index in [1.165, 1.54) is 0 Å². The first-order chi connectivity index (χ1) is 11.7. The Kier molecular flexibility index (Phi) is 4.96. The van der Waals surface area contributed by atoms with Gasteiger partial charge < -0.3 is 19.2 Å². The number of imidazole rings is 1. The number of methoxy groups -OCH3 is 1. The Hall–Kier alpha value is -2.60. The lowest BCUT2D eigenvalue weighted by atomic mass is 10.1. The molecule has 0 saturated carbocycles. The maximum atomic E-state index is 9.00. The quantitative estimate of drug-likeness (QED) is 0.650. The number of rotatable bonds is 7. The van der Waals surface area contributed by atoms with Gasteiger partial charge in [-0.15, -0.1) is 0 Å². The summed E-state index contributed by atoms with van der Waals surface area (Å²) in [6.07, 6.45) is 4.09. The number of ether oxygens (including phenoxy) is 1. The molecule has 2 heterocycles. The van der Waals surface area contributed by atoms with Crippen molar-refractivity contribution in [1.29, 1.82) is 0 Å². The molecule has 3 rings (SSSR count). The molecule has 0 amide bonds. The first-order valence-electron chi connectivity index (χ1n) is 7.98. The van der Waals surface area contributed by atoms with Crippen LogP contribution in [-0.4, -0.2) is 33.8 Å². The summed E-state index contributed by atoms with van der Waals surface area (Å²) in [5.41, 5.74) is 2.47. The molecule has 0 aliphatic carbocycles. The SMILES string of the molecule is COc1ccc(-c2nc(-c3c[nH]c(C)n3)oc2CCCCO)cc1. The third kappa shape index (κ3) is 3.49. The molecule has 126 valence electrons. The van der Waals surface area contributed by atoms with Crippen molar-refractivity contribution in [3.05, 3.63) is 42.0 Å². The summed E-state index contributed by atoms with van der Waals surface area (Å²) in [7, 11) is 1.64. The smallest absolute Gasteiger partial charge is 0.247 e. The predicted octanol–water partition coefficient (Wildman–Crippen LogP) is 3.36. The van der Waals surface area contributed by atoms with Crippen LogP contribution in [0.25, 0.3) is 22.8 Å². The highest BCUT2D eigenvalue weighted by atomic mass is 16.5. The number of hydrogen-bond acceptors (Lipinski definition) is 5. The van der Waals surface area contributed by atoms with Crippen LogP contribution in [0.3, 0.4) is 0 Å². The van der Waals surface area contributed by atoms with E-state index in [2.05, 4.69) is 15.0 Å². The molecular weight excluding hydrogens is 306 g/mol. The Balaban J connectivity index is 1.96. The molecule has 24 heavy (non-hydrogen) atoms. The second kappa shape index (κ2) is 7.31. The molecule has 0 unspecified atom stereocenters. The van der Waals surface area contributed by atoms with E-state index in [-0.39, 0.29) is 6.61 Å². The lowest BCUT2D eigenvalue weighted by molar-refractivity contribution is 0.283. The van der Waals surface area contributed by atoms with Crippen LogP contribution in [0.5, 0.6) is 5.75 Å². The number of nitrogens with zero attached hydrogens (tertiary/aromatic N) is 2. The summed E-state index contributed by atoms with van der Waals surface area (Å²) in [6, 6.07) is 7.73. The number of nitrogens with one attached hydrogen (secondary N) is 1. The van der Waals surface area contributed by atoms with Crippen LogP contribution in [0.1, 0.15) is 24.4 Å². The first-order valence-corrected chi connectivity index (χ1v) is 7.98. The van der Waals surface area contributed by atoms with Crippen molar-refractivity contribution in [2.24, 2.45) is 0 Å². The average Bonchev–Trinajstić information content (AvgIpc) is 3.22. The van der Waals surface area contributed by atoms with Gasteiger partial charge in [0.2, 0.25) is 5.89 Å². The molecule has 2 N–H and O–H groups in total. The van der Waals surface area contributed by atoms with Crippen LogP contribution in [0.15, 0.2) is 34.9 Å². The molecule has 6 nitrogen and oxygen atoms in total. The van der Waals surface area contributed by atoms with Gasteiger partial charge in [0, 0.05) is 24.8 Å². The van der Waals surface area contributed by atoms with Gasteiger partial charge in [0.05, 0.1) is 7.11 Å². The van der Waals surface area contributed by atoms with Gasteiger partial charge in [0.1, 0.15) is 28.7 Å². The lowest BCUT2D eigenvalue weighted by Gasteiger charge is -2.03. The minimum atomic E-state index is 0.178. The molecule has 0 fully saturated rings. The van der Waals surface area contributed by atoms with Crippen molar-refractivity contribution in [2.45, 2.75) is 26.2 Å². The number of unbranched alkanes of at least 4 members (excludes halogenated alkanes) is 1. The van der Waals surface area contributed by atoms with Gasteiger partial charge in [-0.05, 0) is 44.0 Å². The summed E-state index contributed by atoms with van der Waals surface area (Å²) in [4.78, 5) is 12.1. The number of benzene rings is 1. The Morgan fingerprint density at radius 2 is 1.96 bits per heavy atom. The second-order valence-electron chi connectivity index (χ2n) is 5.57. The van der Waals surface area contributed by atoms with Crippen LogP contribution in [0.2, 0.25) is 0 Å². The number of hydrogen-bond donors (Lipinski definition) is 2. The third-order valence-electron chi connectivity index (χ3n) is 3.80. The zero-order chi connectivity index (χ0) is 16.9. The maximum absolute atomic E-state index is 9.00. The fraction of sp³-hybridized carbons (Fsp3) is 0.333. The maximum Gasteiger partial charge on any atom is 0.247 e. The Bertz CT molecular complexity index is 790. The monoisotopic (exact) mass is 327 g/mol. The number of aromatic amines is 1. The normalized spacial score (nSPS) is 11.0. The topological polar surface area (TPSA) is 84.2 Å². The molecule has 0 saturated heterocycles. The molecule has 2 aromatic heterocycles. The number of oxazole rings is 1. The molecule has 1 aromatic carbocycles. The van der Waals surface area contributed by atoms with Crippen LogP contribution in [0, 0.1) is 6.92 Å². The van der Waals surface area contributed by atoms with Gasteiger partial charge in [0.15, 0.2) is 0 Å². The fourth-order valence-electron chi connectivity index (χ4n) is 2.53. The van der Waals surface area contributed by atoms with E-state index in [1.807, 2.05) is 31.2 Å². The highest BCUT2D eigenvalue weighted by Crippen LogP contribution is 2.30. The number of aryl methyl sites for hydroxylation is 2. The minimum absolute atomic E-state index is 0.178. The molecule has 0 aliphatic heterocycles. The van der Waals surface area contributed by atoms with Gasteiger partial charge in [0.25, 0.3) is 0 Å². The summed E-state index contributed by atoms with van der Waals surface area (Å²) < 4.78 is 11.2. The predicted molar refractivity (Wildman–Crippen MR) is 90.8 cm³/mol. The molecule has 0 radical (unpaired) electrons. The van der Waals surface area contributed by atoms with Gasteiger partial charge >= 0.3 is 0 Å². The van der Waals surface area contributed by atoms with E-state index >= 15 is 0 Å². The number of aromatic nitrogens is 3. The second-order valence-corrected chi connectivity index (χ2v) is 5.57. The van der Waals surface area contributed by atoms with Crippen molar-refractivity contribution in [3.8, 4) is 28.6 Å². The largest absolute Gasteiger partial charge is 0.497 e. The van der Waals surface area contributed by atoms with Crippen LogP contribution in [0.4, 0.5) is 0 Å². The number of aliphatic hydroxyl groups excluding tert-OH is 1. The van der Waals surface area contributed by atoms with Crippen LogP contribution in [-0.2, 0) is 6.42 Å². The third-order valence-corrected chi connectivity index (χ3v) is 3.80. The zero-order valence-corrected chi connectivity index (χ0v) is 13.9. The van der Waals surface area contributed by atoms with Crippen molar-refractivity contribution < 1.29 is 14.3 Å². The summed E-state index contributed by atoms with van der Waals surface area (Å²) >= 11 is 0. The van der Waals surface area contributed by atoms with Crippen molar-refractivity contribution in [2.75, 3.05) is 13.7 Å². The molecule has 0 atom stereocenters. The summed E-state index contributed by atoms with van der Waals surface area (Å²) in [5, 5.41) is 9.00. The number of aliphatic hydroxyl groups is 1. The Morgan fingerprint density at radius 1 is 1.17 bits per heavy atom. The minimum Gasteiger partial charge on any atom is -0.497 e. The van der Waals surface area contributed by atoms with Crippen molar-refractivity contribution in [1.82, 2.24) is 15.0 Å². The number of H-pyrrole nitrogens is 1. The molecular formula is C18H21N3O3. The lowest BCUT2D eigenvalue weighted by Crippen LogP contribution is -1.90. The molecule has 3 aromatic rings. The standard InChI is InChI=1S/C18H21N3O3/c1-12-19-11-15(20-12)18-21-17(16(24-18)5-3-4-10-22)13-6-8-14(23-2)9-7-13/h6-9,11,22H,3-5,10H2,1-2H3,(H,19,20). The van der Waals surface area contributed by atoms with Crippen molar-refractivity contribution in [3.63, 3.8) is 0 Å². The Morgan fingerprint density at radius 3 is 2.58 bits per heavy atom. The van der Waals surface area contributed by atoms with E-state index in [4.69, 9.17) is 14.3 Å². The van der Waals surface area contributed by atoms with E-state index in [1.54, 1.807) is 13.3 Å². The van der Waals surface area contributed by atoms with Gasteiger partial charge in [-0.3, -0.25) is 0 Å². The van der Waals surface area contributed by atoms with E-state index in [9.17, 15) is 0 Å². The molecule has 0 bridgehead atoms. The first kappa shape index (κ1) is 16.3. The van der Waals surface area contributed by atoms with Gasteiger partial charge in [-0.1, -0.05) is 0 Å².